The number of benzene rings is 2. The fraction of sp³-hybridized carbons (Fsp3) is 0.516. The summed E-state index contributed by atoms with van der Waals surface area (Å²) < 4.78 is 29.8. The van der Waals surface area contributed by atoms with Crippen LogP contribution in [-0.4, -0.2) is 38.4 Å². The van der Waals surface area contributed by atoms with Gasteiger partial charge in [-0.25, -0.2) is 8.42 Å². The highest BCUT2D eigenvalue weighted by Crippen LogP contribution is 2.32. The lowest BCUT2D eigenvalue weighted by Gasteiger charge is -2.26. The van der Waals surface area contributed by atoms with Gasteiger partial charge in [-0.15, -0.1) is 0 Å². The standard InChI is InChI=1S/C31H43N3O5S/c1-8-11-12-13-22-20-23(31(5,6)10-3)14-19-27(22)39-26(9-2)29(35)32-28-21(4)30(36)34(33-28)24-15-17-25(18-16-24)40(7,37)38/h14-21,26H,8-13H2,1-7H3,(H,32,33,35). The molecule has 0 aromatic heterocycles. The zero-order valence-electron chi connectivity index (χ0n) is 24.8. The van der Waals surface area contributed by atoms with E-state index in [1.165, 1.54) is 34.8 Å². The monoisotopic (exact) mass is 569 g/mol. The normalized spacial score (nSPS) is 16.6. The van der Waals surface area contributed by atoms with Crippen molar-refractivity contribution in [1.82, 2.24) is 5.32 Å². The quantitative estimate of drug-likeness (QED) is 0.326. The van der Waals surface area contributed by atoms with E-state index in [0.717, 1.165) is 43.9 Å². The number of unbranched alkanes of at least 4 members (excludes halogenated alkanes) is 2. The van der Waals surface area contributed by atoms with Gasteiger partial charge in [-0.2, -0.15) is 10.1 Å². The summed E-state index contributed by atoms with van der Waals surface area (Å²) in [6, 6.07) is 12.2. The summed E-state index contributed by atoms with van der Waals surface area (Å²) in [5, 5.41) is 8.35. The molecule has 2 aromatic carbocycles. The zero-order valence-corrected chi connectivity index (χ0v) is 25.6. The van der Waals surface area contributed by atoms with E-state index in [-0.39, 0.29) is 28.0 Å². The molecule has 40 heavy (non-hydrogen) atoms. The van der Waals surface area contributed by atoms with Crippen molar-refractivity contribution in [1.29, 1.82) is 0 Å². The van der Waals surface area contributed by atoms with Crippen LogP contribution >= 0.6 is 0 Å². The van der Waals surface area contributed by atoms with Crippen molar-refractivity contribution in [3.63, 3.8) is 0 Å². The van der Waals surface area contributed by atoms with Crippen LogP contribution in [0.3, 0.4) is 0 Å². The summed E-state index contributed by atoms with van der Waals surface area (Å²) in [5.41, 5.74) is 2.82. The molecule has 8 nitrogen and oxygen atoms in total. The molecule has 0 aliphatic carbocycles. The lowest BCUT2D eigenvalue weighted by molar-refractivity contribution is -0.126. The van der Waals surface area contributed by atoms with Crippen molar-refractivity contribution < 1.29 is 22.7 Å². The third kappa shape index (κ3) is 7.30. The van der Waals surface area contributed by atoms with Crippen LogP contribution < -0.4 is 15.1 Å². The van der Waals surface area contributed by atoms with Gasteiger partial charge in [0.2, 0.25) is 0 Å². The first-order chi connectivity index (χ1) is 18.8. The van der Waals surface area contributed by atoms with Crippen molar-refractivity contribution in [3.8, 4) is 5.75 Å². The van der Waals surface area contributed by atoms with E-state index in [1.807, 2.05) is 13.0 Å². The lowest BCUT2D eigenvalue weighted by atomic mass is 9.81. The Morgan fingerprint density at radius 1 is 1.10 bits per heavy atom. The number of hydrogen-bond acceptors (Lipinski definition) is 6. The van der Waals surface area contributed by atoms with Crippen molar-refractivity contribution >= 4 is 33.2 Å². The van der Waals surface area contributed by atoms with Crippen LogP contribution in [0.2, 0.25) is 0 Å². The fourth-order valence-corrected chi connectivity index (χ4v) is 5.09. The van der Waals surface area contributed by atoms with Crippen molar-refractivity contribution in [2.24, 2.45) is 11.0 Å². The molecule has 1 aliphatic rings. The number of hydrogen-bond donors (Lipinski definition) is 1. The smallest absolute Gasteiger partial charge is 0.266 e. The Labute approximate surface area is 239 Å². The van der Waals surface area contributed by atoms with Crippen molar-refractivity contribution in [2.45, 2.75) is 96.5 Å². The van der Waals surface area contributed by atoms with E-state index in [2.05, 4.69) is 50.2 Å². The molecule has 3 rings (SSSR count). The second-order valence-electron chi connectivity index (χ2n) is 11.1. The third-order valence-corrected chi connectivity index (χ3v) is 8.79. The molecule has 2 aromatic rings. The minimum absolute atomic E-state index is 0.0415. The number of hydrazone groups is 1. The Morgan fingerprint density at radius 3 is 2.35 bits per heavy atom. The number of anilines is 1. The first-order valence-corrected chi connectivity index (χ1v) is 16.0. The molecule has 0 bridgehead atoms. The Balaban J connectivity index is 1.80. The van der Waals surface area contributed by atoms with Gasteiger partial charge in [0.05, 0.1) is 16.5 Å². The molecule has 0 fully saturated rings. The van der Waals surface area contributed by atoms with Crippen molar-refractivity contribution in [3.05, 3.63) is 53.6 Å². The summed E-state index contributed by atoms with van der Waals surface area (Å²) in [5.74, 6) is -0.418. The average molecular weight is 570 g/mol. The predicted octanol–water partition coefficient (Wildman–Crippen LogP) is 5.78. The number of ether oxygens (including phenoxy) is 1. The summed E-state index contributed by atoms with van der Waals surface area (Å²) in [7, 11) is -3.36. The molecular weight excluding hydrogens is 526 g/mol. The van der Waals surface area contributed by atoms with Gasteiger partial charge in [0.25, 0.3) is 11.8 Å². The van der Waals surface area contributed by atoms with Gasteiger partial charge in [0.15, 0.2) is 15.9 Å². The summed E-state index contributed by atoms with van der Waals surface area (Å²) >= 11 is 0. The molecule has 1 aliphatic heterocycles. The molecule has 1 N–H and O–H groups in total. The number of carbonyl (C=O) groups excluding carboxylic acids is 2. The van der Waals surface area contributed by atoms with E-state index in [0.29, 0.717) is 17.9 Å². The van der Waals surface area contributed by atoms with Crippen LogP contribution in [0.4, 0.5) is 5.69 Å². The second-order valence-corrected chi connectivity index (χ2v) is 13.2. The van der Waals surface area contributed by atoms with E-state index in [1.54, 1.807) is 6.92 Å². The van der Waals surface area contributed by atoms with E-state index in [4.69, 9.17) is 4.74 Å². The molecule has 2 amide bonds. The molecule has 9 heteroatoms. The minimum atomic E-state index is -3.36. The summed E-state index contributed by atoms with van der Waals surface area (Å²) in [4.78, 5) is 26.4. The van der Waals surface area contributed by atoms with Crippen LogP contribution in [0.1, 0.15) is 84.8 Å². The molecule has 2 atom stereocenters. The molecule has 0 saturated carbocycles. The van der Waals surface area contributed by atoms with Gasteiger partial charge in [-0.3, -0.25) is 9.59 Å². The number of amides is 2. The Bertz CT molecular complexity index is 1350. The first kappa shape index (κ1) is 31.3. The number of carbonyl (C=O) groups is 2. The molecule has 0 saturated heterocycles. The maximum Gasteiger partial charge on any atom is 0.266 e. The van der Waals surface area contributed by atoms with Crippen LogP contribution in [0.5, 0.6) is 5.75 Å². The van der Waals surface area contributed by atoms with Crippen LogP contribution in [-0.2, 0) is 31.3 Å². The van der Waals surface area contributed by atoms with E-state index < -0.39 is 21.9 Å². The third-order valence-electron chi connectivity index (χ3n) is 7.67. The number of aryl methyl sites for hydroxylation is 1. The Morgan fingerprint density at radius 2 is 1.77 bits per heavy atom. The van der Waals surface area contributed by atoms with Gasteiger partial charge in [0, 0.05) is 6.26 Å². The van der Waals surface area contributed by atoms with Crippen LogP contribution in [0.25, 0.3) is 0 Å². The molecule has 218 valence electrons. The van der Waals surface area contributed by atoms with Crippen molar-refractivity contribution in [2.75, 3.05) is 11.3 Å². The number of nitrogens with zero attached hydrogens (tertiary/aromatic N) is 2. The predicted molar refractivity (Wildman–Crippen MR) is 159 cm³/mol. The largest absolute Gasteiger partial charge is 0.480 e. The van der Waals surface area contributed by atoms with Gasteiger partial charge in [0.1, 0.15) is 11.6 Å². The molecule has 2 unspecified atom stereocenters. The Hall–Kier alpha value is -3.20. The number of amidine groups is 1. The van der Waals surface area contributed by atoms with E-state index in [9.17, 15) is 18.0 Å². The second kappa shape index (κ2) is 13.0. The topological polar surface area (TPSA) is 105 Å². The first-order valence-electron chi connectivity index (χ1n) is 14.2. The Kier molecular flexibility index (Phi) is 10.2. The highest BCUT2D eigenvalue weighted by atomic mass is 32.2. The van der Waals surface area contributed by atoms with E-state index >= 15 is 0 Å². The maximum absolute atomic E-state index is 13.3. The SMILES string of the molecule is CCCCCc1cc(C(C)(C)CC)ccc1OC(CC)C(=O)NC1=NN(c2ccc(S(C)(=O)=O)cc2)C(=O)C1C. The highest BCUT2D eigenvalue weighted by molar-refractivity contribution is 7.90. The summed E-state index contributed by atoms with van der Waals surface area (Å²) in [6.45, 7) is 12.4. The summed E-state index contributed by atoms with van der Waals surface area (Å²) in [6.07, 6.45) is 5.98. The number of rotatable bonds is 12. The average Bonchev–Trinajstić information content (AvgIpc) is 3.20. The van der Waals surface area contributed by atoms with Gasteiger partial charge in [-0.05, 0) is 79.5 Å². The van der Waals surface area contributed by atoms with Crippen LogP contribution in [0, 0.1) is 5.92 Å². The molecule has 1 heterocycles. The van der Waals surface area contributed by atoms with Gasteiger partial charge < -0.3 is 10.1 Å². The van der Waals surface area contributed by atoms with Crippen LogP contribution in [0.15, 0.2) is 52.5 Å². The lowest BCUT2D eigenvalue weighted by Crippen LogP contribution is -2.43. The zero-order chi connectivity index (χ0) is 29.7. The fourth-order valence-electron chi connectivity index (χ4n) is 4.46. The highest BCUT2D eigenvalue weighted by Gasteiger charge is 2.35. The molecule has 0 spiro atoms. The number of sulfone groups is 1. The van der Waals surface area contributed by atoms with Gasteiger partial charge >= 0.3 is 0 Å². The maximum atomic E-state index is 13.3. The minimum Gasteiger partial charge on any atom is -0.480 e. The van der Waals surface area contributed by atoms with Gasteiger partial charge in [-0.1, -0.05) is 59.6 Å². The number of nitrogens with one attached hydrogen (secondary N) is 1. The molecule has 0 radical (unpaired) electrons. The molecular formula is C31H43N3O5S.